The molecule has 6 nitrogen and oxygen atoms in total. The summed E-state index contributed by atoms with van der Waals surface area (Å²) in [5, 5.41) is 3.36. The van der Waals surface area contributed by atoms with Gasteiger partial charge in [-0.25, -0.2) is 0 Å². The number of benzene rings is 1. The Kier molecular flexibility index (Phi) is 7.25. The Morgan fingerprint density at radius 2 is 1.65 bits per heavy atom. The summed E-state index contributed by atoms with van der Waals surface area (Å²) in [6.45, 7) is 2.73. The molecule has 1 N–H and O–H groups in total. The molecule has 0 aliphatic rings. The molecule has 0 unspecified atom stereocenters. The molecule has 0 atom stereocenters. The van der Waals surface area contributed by atoms with E-state index in [0.29, 0.717) is 6.54 Å². The van der Waals surface area contributed by atoms with E-state index in [9.17, 15) is 0 Å². The number of amidine groups is 1. The van der Waals surface area contributed by atoms with Gasteiger partial charge in [-0.15, -0.1) is 0 Å². The van der Waals surface area contributed by atoms with Crippen LogP contribution in [0.4, 0.5) is 0 Å². The minimum Gasteiger partial charge on any atom is -0.334 e. The van der Waals surface area contributed by atoms with Crippen LogP contribution < -0.4 is 5.32 Å². The van der Waals surface area contributed by atoms with Crippen LogP contribution in [0.2, 0.25) is 0 Å². The van der Waals surface area contributed by atoms with Crippen LogP contribution in [0, 0.1) is 0 Å². The summed E-state index contributed by atoms with van der Waals surface area (Å²) in [6.07, 6.45) is 0. The minimum absolute atomic E-state index is 0.704. The van der Waals surface area contributed by atoms with Crippen LogP contribution in [0.5, 0.6) is 0 Å². The Morgan fingerprint density at radius 3 is 2.09 bits per heavy atom. The molecule has 0 heterocycles. The molecule has 1 aromatic carbocycles. The Hall–Kier alpha value is -2.37. The van der Waals surface area contributed by atoms with Crippen molar-refractivity contribution in [2.75, 3.05) is 48.8 Å². The van der Waals surface area contributed by atoms with Crippen LogP contribution in [0.3, 0.4) is 0 Å². The summed E-state index contributed by atoms with van der Waals surface area (Å²) in [4.78, 5) is 13.2. The predicted molar refractivity (Wildman–Crippen MR) is 98.6 cm³/mol. The van der Waals surface area contributed by atoms with Crippen molar-refractivity contribution in [1.82, 2.24) is 15.1 Å². The van der Waals surface area contributed by atoms with Gasteiger partial charge in [-0.05, 0) is 11.9 Å². The van der Waals surface area contributed by atoms with Crippen LogP contribution >= 0.6 is 0 Å². The van der Waals surface area contributed by atoms with Gasteiger partial charge in [0.05, 0.1) is 28.2 Å². The second-order valence-corrected chi connectivity index (χ2v) is 5.73. The van der Waals surface area contributed by atoms with Crippen LogP contribution in [0.25, 0.3) is 0 Å². The minimum atomic E-state index is 0.704. The van der Waals surface area contributed by atoms with Gasteiger partial charge in [-0.2, -0.15) is 0 Å². The van der Waals surface area contributed by atoms with E-state index in [1.165, 1.54) is 0 Å². The number of hydrogen-bond acceptors (Lipinski definition) is 1. The quantitative estimate of drug-likeness (QED) is 0.506. The molecule has 0 fully saturated rings. The van der Waals surface area contributed by atoms with E-state index < -0.39 is 0 Å². The third-order valence-electron chi connectivity index (χ3n) is 3.02. The lowest BCUT2D eigenvalue weighted by molar-refractivity contribution is -0.470. The average Bonchev–Trinajstić information content (AvgIpc) is 2.50. The van der Waals surface area contributed by atoms with E-state index >= 15 is 0 Å². The maximum absolute atomic E-state index is 4.74. The molecule has 0 saturated heterocycles. The van der Waals surface area contributed by atoms with Crippen molar-refractivity contribution in [2.45, 2.75) is 6.92 Å². The largest absolute Gasteiger partial charge is 0.392 e. The van der Waals surface area contributed by atoms with E-state index in [1.54, 1.807) is 0 Å². The third kappa shape index (κ3) is 5.73. The maximum Gasteiger partial charge on any atom is 0.392 e. The Labute approximate surface area is 139 Å². The summed E-state index contributed by atoms with van der Waals surface area (Å²) in [5.41, 5.74) is 1.04. The number of hydrogen-bond donors (Lipinski definition) is 1. The zero-order valence-electron chi connectivity index (χ0n) is 15.3. The van der Waals surface area contributed by atoms with Gasteiger partial charge in [0, 0.05) is 26.2 Å². The Bertz CT molecular complexity index is 580. The van der Waals surface area contributed by atoms with Crippen molar-refractivity contribution in [1.29, 1.82) is 0 Å². The third-order valence-corrected chi connectivity index (χ3v) is 3.02. The van der Waals surface area contributed by atoms with Gasteiger partial charge in [-0.3, -0.25) is 19.8 Å². The lowest BCUT2D eigenvalue weighted by Gasteiger charge is -2.17. The summed E-state index contributed by atoms with van der Waals surface area (Å²) < 4.78 is 1.98. The van der Waals surface area contributed by atoms with Crippen molar-refractivity contribution < 1.29 is 4.58 Å². The molecule has 0 amide bonds. The number of nitrogens with zero attached hydrogens (tertiary/aromatic N) is 5. The van der Waals surface area contributed by atoms with Gasteiger partial charge in [-0.1, -0.05) is 30.3 Å². The number of nitrogens with one attached hydrogen (secondary N) is 1. The highest BCUT2D eigenvalue weighted by Gasteiger charge is 2.17. The predicted octanol–water partition coefficient (Wildman–Crippen LogP) is 1.15. The highest BCUT2D eigenvalue weighted by Crippen LogP contribution is 2.01. The molecule has 0 aliphatic heterocycles. The first-order valence-electron chi connectivity index (χ1n) is 7.71. The van der Waals surface area contributed by atoms with Gasteiger partial charge >= 0.3 is 5.96 Å². The smallest absolute Gasteiger partial charge is 0.334 e. The summed E-state index contributed by atoms with van der Waals surface area (Å²) in [5.74, 6) is 2.40. The fourth-order valence-corrected chi connectivity index (χ4v) is 2.00. The fourth-order valence-electron chi connectivity index (χ4n) is 2.00. The molecular weight excluding hydrogens is 288 g/mol. The second kappa shape index (κ2) is 8.92. The molecule has 0 radical (unpaired) electrons. The maximum atomic E-state index is 4.74. The molecule has 23 heavy (non-hydrogen) atoms. The highest BCUT2D eigenvalue weighted by atomic mass is 15.4. The Balaban J connectivity index is 3.21. The van der Waals surface area contributed by atoms with Crippen molar-refractivity contribution in [3.63, 3.8) is 0 Å². The van der Waals surface area contributed by atoms with Gasteiger partial charge in [0.2, 0.25) is 0 Å². The van der Waals surface area contributed by atoms with Crippen molar-refractivity contribution >= 4 is 17.8 Å². The van der Waals surface area contributed by atoms with Gasteiger partial charge in [0.25, 0.3) is 5.96 Å². The number of aliphatic imine (C=N–C) groups is 2. The summed E-state index contributed by atoms with van der Waals surface area (Å²) >= 11 is 0. The van der Waals surface area contributed by atoms with Crippen LogP contribution in [0.15, 0.2) is 40.3 Å². The zero-order valence-corrected chi connectivity index (χ0v) is 15.3. The molecule has 0 spiro atoms. The first-order chi connectivity index (χ1) is 10.9. The molecule has 0 aliphatic carbocycles. The molecule has 6 heteroatoms. The van der Waals surface area contributed by atoms with Gasteiger partial charge < -0.3 is 4.90 Å². The first-order valence-corrected chi connectivity index (χ1v) is 7.71. The fraction of sp³-hybridized carbons (Fsp3) is 0.471. The lowest BCUT2D eigenvalue weighted by Crippen LogP contribution is -2.43. The van der Waals surface area contributed by atoms with E-state index in [-0.39, 0.29) is 0 Å². The number of rotatable bonds is 2. The molecule has 126 valence electrons. The van der Waals surface area contributed by atoms with Gasteiger partial charge in [0.1, 0.15) is 5.84 Å². The standard InChI is InChI=1S/C17H28N6/c1-8-18-15(14-12-10-9-11-13-14)19-16(21(2)3)20-17(22(4)5)23(6)7/h9-13H,8H2,1-7H3/p+1. The molecule has 1 rings (SSSR count). The van der Waals surface area contributed by atoms with Crippen molar-refractivity contribution in [3.8, 4) is 0 Å². The van der Waals surface area contributed by atoms with E-state index in [1.807, 2.05) is 93.9 Å². The SMILES string of the molecule is CCN=C(N/C(=N\C(N(C)C)=[N+](C)C)N(C)C)c1ccccc1. The second-order valence-electron chi connectivity index (χ2n) is 5.73. The topological polar surface area (TPSA) is 46.2 Å². The van der Waals surface area contributed by atoms with Crippen LogP contribution in [-0.2, 0) is 0 Å². The molecule has 0 bridgehead atoms. The Morgan fingerprint density at radius 1 is 1.04 bits per heavy atom. The average molecular weight is 317 g/mol. The van der Waals surface area contributed by atoms with Crippen LogP contribution in [0.1, 0.15) is 12.5 Å². The lowest BCUT2D eigenvalue weighted by atomic mass is 10.2. The normalized spacial score (nSPS) is 12.0. The van der Waals surface area contributed by atoms with E-state index in [2.05, 4.69) is 10.3 Å². The molecule has 0 saturated carbocycles. The van der Waals surface area contributed by atoms with Crippen LogP contribution in [-0.4, -0.2) is 81.0 Å². The summed E-state index contributed by atoms with van der Waals surface area (Å²) in [7, 11) is 11.8. The molecular formula is C17H29N6+. The number of guanidine groups is 2. The summed E-state index contributed by atoms with van der Waals surface area (Å²) in [6, 6.07) is 10.1. The monoisotopic (exact) mass is 317 g/mol. The van der Waals surface area contributed by atoms with E-state index in [4.69, 9.17) is 4.99 Å². The molecule has 1 aromatic rings. The van der Waals surface area contributed by atoms with Gasteiger partial charge in [0.15, 0.2) is 0 Å². The van der Waals surface area contributed by atoms with Crippen molar-refractivity contribution in [3.05, 3.63) is 35.9 Å². The van der Waals surface area contributed by atoms with Crippen molar-refractivity contribution in [2.24, 2.45) is 9.98 Å². The zero-order chi connectivity index (χ0) is 17.4. The van der Waals surface area contributed by atoms with E-state index in [0.717, 1.165) is 23.3 Å². The highest BCUT2D eigenvalue weighted by molar-refractivity contribution is 6.10. The molecule has 0 aromatic heterocycles. The first kappa shape index (κ1) is 18.7.